The minimum Gasteiger partial charge on any atom is -0.505 e. The molecule has 0 fully saturated rings. The first-order valence-corrected chi connectivity index (χ1v) is 14.1. The van der Waals surface area contributed by atoms with Crippen LogP contribution in [0, 0.1) is 0 Å². The summed E-state index contributed by atoms with van der Waals surface area (Å²) in [5, 5.41) is 16.6. The number of benzene rings is 4. The van der Waals surface area contributed by atoms with Crippen LogP contribution in [0.15, 0.2) is 74.6 Å². The number of fused-ring (bicyclic) bond motifs is 1. The van der Waals surface area contributed by atoms with E-state index < -0.39 is 92.8 Å². The van der Waals surface area contributed by atoms with Crippen molar-refractivity contribution in [2.45, 2.75) is 22.1 Å². The van der Waals surface area contributed by atoms with Crippen molar-refractivity contribution in [1.82, 2.24) is 0 Å². The summed E-state index contributed by atoms with van der Waals surface area (Å²) in [6.07, 6.45) is -10.1. The number of phenolic OH excluding ortho intramolecular Hbond substituents is 1. The summed E-state index contributed by atoms with van der Waals surface area (Å²) in [4.78, 5) is -2.04. The third-order valence-corrected chi connectivity index (χ3v) is 7.68. The van der Waals surface area contributed by atoms with Crippen LogP contribution in [-0.2, 0) is 32.6 Å². The second-order valence-corrected chi connectivity index (χ2v) is 11.7. The molecule has 0 unspecified atom stereocenters. The number of azo groups is 1. The number of nitrogens with two attached hydrogens (primary N) is 2. The molecule has 4 aromatic carbocycles. The molecule has 0 saturated heterocycles. The topological polar surface area (TPSA) is 206 Å². The number of rotatable bonds is 5. The minimum absolute atomic E-state index is 0.281. The van der Waals surface area contributed by atoms with E-state index in [4.69, 9.17) is 11.5 Å². The molecule has 0 atom stereocenters. The molecule has 0 spiro atoms. The summed E-state index contributed by atoms with van der Waals surface area (Å²) >= 11 is 0. The lowest BCUT2D eigenvalue weighted by Gasteiger charge is -2.15. The van der Waals surface area contributed by atoms with Crippen LogP contribution in [0.25, 0.3) is 21.9 Å². The molecule has 0 radical (unpaired) electrons. The molecule has 0 aliphatic heterocycles. The standard InChI is InChI=1S/C24H16F6N4O7S2/c25-23(26,27)14-6-10(1-3-16(14)31)11-2-4-18(15(7-11)24(28,29)30)33-34-21-19(43(39,40)41)8-12-5-13(42(36,37)38)9-17(32)20(12)22(21)35/h1-9,35H,31-32H2,(H,36,37,38)(H,39,40,41). The van der Waals surface area contributed by atoms with E-state index in [1.165, 1.54) is 0 Å². The summed E-state index contributed by atoms with van der Waals surface area (Å²) in [5.74, 6) is -1.14. The van der Waals surface area contributed by atoms with Gasteiger partial charge in [0.2, 0.25) is 0 Å². The Bertz CT molecular complexity index is 2050. The second-order valence-electron chi connectivity index (χ2n) is 8.86. The van der Waals surface area contributed by atoms with Crippen molar-refractivity contribution < 1.29 is 57.4 Å². The molecule has 7 N–H and O–H groups in total. The normalized spacial score (nSPS) is 13.2. The van der Waals surface area contributed by atoms with E-state index in [0.717, 1.165) is 18.2 Å². The highest BCUT2D eigenvalue weighted by Gasteiger charge is 2.36. The zero-order chi connectivity index (χ0) is 32.3. The summed E-state index contributed by atoms with van der Waals surface area (Å²) in [5.41, 5.74) is 4.41. The minimum atomic E-state index is -5.30. The SMILES string of the molecule is Nc1ccc(-c2ccc(N=Nc3c(S(=O)(=O)O)cc4cc(S(=O)(=O)O)cc(N)c4c3O)c(C(F)(F)F)c2)cc1C(F)(F)F. The van der Waals surface area contributed by atoms with E-state index in [-0.39, 0.29) is 11.1 Å². The molecule has 43 heavy (non-hydrogen) atoms. The van der Waals surface area contributed by atoms with E-state index in [9.17, 15) is 57.4 Å². The molecule has 0 bridgehead atoms. The molecule has 19 heteroatoms. The van der Waals surface area contributed by atoms with Gasteiger partial charge >= 0.3 is 12.4 Å². The maximum absolute atomic E-state index is 14.0. The van der Waals surface area contributed by atoms with Crippen LogP contribution in [0.1, 0.15) is 11.1 Å². The molecule has 0 amide bonds. The second kappa shape index (κ2) is 10.4. The summed E-state index contributed by atoms with van der Waals surface area (Å²) in [7, 11) is -10.2. The van der Waals surface area contributed by atoms with Gasteiger partial charge in [-0.1, -0.05) is 12.1 Å². The van der Waals surface area contributed by atoms with Gasteiger partial charge in [-0.3, -0.25) is 9.11 Å². The van der Waals surface area contributed by atoms with Crippen LogP contribution >= 0.6 is 0 Å². The quantitative estimate of drug-likeness (QED) is 0.0708. The largest absolute Gasteiger partial charge is 0.505 e. The van der Waals surface area contributed by atoms with Gasteiger partial charge in [0.15, 0.2) is 5.75 Å². The monoisotopic (exact) mass is 650 g/mol. The predicted molar refractivity (Wildman–Crippen MR) is 140 cm³/mol. The van der Waals surface area contributed by atoms with Crippen LogP contribution in [0.2, 0.25) is 0 Å². The predicted octanol–water partition coefficient (Wildman–Crippen LogP) is 6.32. The van der Waals surface area contributed by atoms with Crippen LogP contribution < -0.4 is 11.5 Å². The molecule has 4 rings (SSSR count). The number of phenols is 1. The molecule has 228 valence electrons. The van der Waals surface area contributed by atoms with Crippen LogP contribution in [-0.4, -0.2) is 31.0 Å². The Labute approximate surface area is 237 Å². The molecule has 0 aromatic heterocycles. The van der Waals surface area contributed by atoms with E-state index in [1.807, 2.05) is 0 Å². The number of halogens is 6. The van der Waals surface area contributed by atoms with Crippen molar-refractivity contribution in [2.75, 3.05) is 11.5 Å². The summed E-state index contributed by atoms with van der Waals surface area (Å²) < 4.78 is 148. The highest BCUT2D eigenvalue weighted by atomic mass is 32.2. The van der Waals surface area contributed by atoms with Crippen LogP contribution in [0.5, 0.6) is 5.75 Å². The fraction of sp³-hybridized carbons (Fsp3) is 0.0833. The number of anilines is 2. The lowest BCUT2D eigenvalue weighted by atomic mass is 9.99. The van der Waals surface area contributed by atoms with Gasteiger partial charge < -0.3 is 16.6 Å². The smallest absolute Gasteiger partial charge is 0.418 e. The Hall–Kier alpha value is -4.46. The lowest BCUT2D eigenvalue weighted by molar-refractivity contribution is -0.137. The van der Waals surface area contributed by atoms with E-state index >= 15 is 0 Å². The Morgan fingerprint density at radius 3 is 1.77 bits per heavy atom. The molecular weight excluding hydrogens is 634 g/mol. The molecule has 0 aliphatic rings. The van der Waals surface area contributed by atoms with Crippen molar-refractivity contribution in [2.24, 2.45) is 10.2 Å². The fourth-order valence-corrected chi connectivity index (χ4v) is 5.26. The Morgan fingerprint density at radius 2 is 1.23 bits per heavy atom. The third-order valence-electron chi connectivity index (χ3n) is 5.98. The fourth-order valence-electron chi connectivity index (χ4n) is 4.05. The van der Waals surface area contributed by atoms with Crippen molar-refractivity contribution in [1.29, 1.82) is 0 Å². The number of nitrogens with zero attached hydrogens (tertiary/aromatic N) is 2. The van der Waals surface area contributed by atoms with Gasteiger partial charge in [-0.15, -0.1) is 10.2 Å². The number of nitrogen functional groups attached to an aromatic ring is 2. The van der Waals surface area contributed by atoms with Gasteiger partial charge in [0.1, 0.15) is 10.6 Å². The van der Waals surface area contributed by atoms with Gasteiger partial charge in [0.25, 0.3) is 20.2 Å². The Kier molecular flexibility index (Phi) is 7.59. The number of hydrogen-bond donors (Lipinski definition) is 5. The number of alkyl halides is 6. The van der Waals surface area contributed by atoms with Gasteiger partial charge in [-0.2, -0.15) is 43.2 Å². The van der Waals surface area contributed by atoms with E-state index in [1.54, 1.807) is 0 Å². The third kappa shape index (κ3) is 6.33. The first-order chi connectivity index (χ1) is 19.6. The average molecular weight is 651 g/mol. The Morgan fingerprint density at radius 1 is 0.674 bits per heavy atom. The van der Waals surface area contributed by atoms with Gasteiger partial charge in [-0.05, 0) is 59.0 Å². The van der Waals surface area contributed by atoms with Gasteiger partial charge in [-0.25, -0.2) is 0 Å². The van der Waals surface area contributed by atoms with Crippen LogP contribution in [0.4, 0.5) is 49.1 Å². The van der Waals surface area contributed by atoms with Gasteiger partial charge in [0.05, 0.1) is 21.7 Å². The number of hydrogen-bond acceptors (Lipinski definition) is 9. The molecule has 0 heterocycles. The van der Waals surface area contributed by atoms with Crippen molar-refractivity contribution in [3.8, 4) is 16.9 Å². The molecule has 0 saturated carbocycles. The van der Waals surface area contributed by atoms with Crippen molar-refractivity contribution >= 4 is 53.8 Å². The number of aromatic hydroxyl groups is 1. The Balaban J connectivity index is 1.92. The maximum Gasteiger partial charge on any atom is 0.418 e. The van der Waals surface area contributed by atoms with Gasteiger partial charge in [0, 0.05) is 16.8 Å². The molecular formula is C24H16F6N4O7S2. The lowest BCUT2D eigenvalue weighted by Crippen LogP contribution is -2.09. The zero-order valence-corrected chi connectivity index (χ0v) is 22.4. The molecule has 11 nitrogen and oxygen atoms in total. The molecule has 4 aromatic rings. The summed E-state index contributed by atoms with van der Waals surface area (Å²) in [6.45, 7) is 0. The zero-order valence-electron chi connectivity index (χ0n) is 20.8. The van der Waals surface area contributed by atoms with Crippen LogP contribution in [0.3, 0.4) is 0 Å². The first kappa shape index (κ1) is 31.5. The summed E-state index contributed by atoms with van der Waals surface area (Å²) in [6, 6.07) is 6.57. The molecule has 0 aliphatic carbocycles. The van der Waals surface area contributed by atoms with Crippen molar-refractivity contribution in [3.05, 3.63) is 65.7 Å². The van der Waals surface area contributed by atoms with E-state index in [0.29, 0.717) is 36.4 Å². The first-order valence-electron chi connectivity index (χ1n) is 11.2. The van der Waals surface area contributed by atoms with E-state index in [2.05, 4.69) is 10.2 Å². The highest BCUT2D eigenvalue weighted by molar-refractivity contribution is 7.86. The van der Waals surface area contributed by atoms with Crippen molar-refractivity contribution in [3.63, 3.8) is 0 Å². The average Bonchev–Trinajstić information content (AvgIpc) is 2.85. The highest BCUT2D eigenvalue weighted by Crippen LogP contribution is 2.46. The maximum atomic E-state index is 14.0.